The minimum atomic E-state index is 0.192. The van der Waals surface area contributed by atoms with E-state index in [-0.39, 0.29) is 11.9 Å². The molecular weight excluding hydrogens is 242 g/mol. The van der Waals surface area contributed by atoms with Crippen molar-refractivity contribution in [3.05, 3.63) is 0 Å². The lowest BCUT2D eigenvalue weighted by atomic mass is 9.98. The van der Waals surface area contributed by atoms with E-state index in [9.17, 15) is 4.79 Å². The number of carbonyl (C=O) groups excluding carboxylic acids is 1. The van der Waals surface area contributed by atoms with E-state index < -0.39 is 0 Å². The highest BCUT2D eigenvalue weighted by atomic mass is 16.5. The highest BCUT2D eigenvalue weighted by Gasteiger charge is 2.23. The number of nitrogens with zero attached hydrogens (tertiary/aromatic N) is 2. The Labute approximate surface area is 116 Å². The number of carbonyl (C=O) groups is 1. The van der Waals surface area contributed by atoms with Crippen molar-refractivity contribution >= 4 is 5.91 Å². The molecule has 1 N–H and O–H groups in total. The van der Waals surface area contributed by atoms with Gasteiger partial charge in [0.1, 0.15) is 0 Å². The second-order valence-corrected chi connectivity index (χ2v) is 5.97. The molecule has 0 aromatic heterocycles. The van der Waals surface area contributed by atoms with Gasteiger partial charge in [-0.15, -0.1) is 0 Å². The van der Waals surface area contributed by atoms with E-state index in [4.69, 9.17) is 4.74 Å². The molecule has 1 amide bonds. The van der Waals surface area contributed by atoms with Crippen LogP contribution in [0.5, 0.6) is 0 Å². The fraction of sp³-hybridized carbons (Fsp3) is 0.929. The monoisotopic (exact) mass is 269 g/mol. The zero-order valence-electron chi connectivity index (χ0n) is 12.2. The van der Waals surface area contributed by atoms with Gasteiger partial charge in [0, 0.05) is 39.1 Å². The normalized spacial score (nSPS) is 29.2. The molecule has 5 nitrogen and oxygen atoms in total. The summed E-state index contributed by atoms with van der Waals surface area (Å²) in [6.07, 6.45) is 3.05. The van der Waals surface area contributed by atoms with Gasteiger partial charge in [0.15, 0.2) is 0 Å². The van der Waals surface area contributed by atoms with Crippen LogP contribution in [0.3, 0.4) is 0 Å². The molecule has 5 heteroatoms. The molecule has 2 fully saturated rings. The molecule has 0 bridgehead atoms. The minimum absolute atomic E-state index is 0.192. The van der Waals surface area contributed by atoms with E-state index in [2.05, 4.69) is 17.3 Å². The molecule has 19 heavy (non-hydrogen) atoms. The van der Waals surface area contributed by atoms with E-state index in [1.807, 2.05) is 11.9 Å². The zero-order valence-corrected chi connectivity index (χ0v) is 12.2. The Morgan fingerprint density at radius 2 is 2.37 bits per heavy atom. The average molecular weight is 269 g/mol. The van der Waals surface area contributed by atoms with Gasteiger partial charge in [-0.1, -0.05) is 0 Å². The Balaban J connectivity index is 1.72. The van der Waals surface area contributed by atoms with Crippen LogP contribution >= 0.6 is 0 Å². The third-order valence-electron chi connectivity index (χ3n) is 4.10. The standard InChI is InChI=1S/C14H27N3O2/c1-16-6-3-4-12(9-16)10-17(2)14(18)8-13-11-19-7-5-15-13/h12-13,15H,3-11H2,1-2H3. The number of amides is 1. The summed E-state index contributed by atoms with van der Waals surface area (Å²) in [5, 5.41) is 3.33. The van der Waals surface area contributed by atoms with E-state index >= 15 is 0 Å². The minimum Gasteiger partial charge on any atom is -0.378 e. The Morgan fingerprint density at radius 1 is 1.53 bits per heavy atom. The van der Waals surface area contributed by atoms with Crippen LogP contribution in [0.1, 0.15) is 19.3 Å². The van der Waals surface area contributed by atoms with Gasteiger partial charge in [0.25, 0.3) is 0 Å². The van der Waals surface area contributed by atoms with Crippen molar-refractivity contribution in [2.45, 2.75) is 25.3 Å². The second-order valence-electron chi connectivity index (χ2n) is 5.97. The number of likely N-dealkylation sites (tertiary alicyclic amines) is 1. The lowest BCUT2D eigenvalue weighted by Gasteiger charge is -2.33. The molecule has 110 valence electrons. The van der Waals surface area contributed by atoms with E-state index in [1.165, 1.54) is 19.4 Å². The molecular formula is C14H27N3O2. The van der Waals surface area contributed by atoms with Crippen LogP contribution in [0.25, 0.3) is 0 Å². The molecule has 0 aromatic carbocycles. The first kappa shape index (κ1) is 14.8. The van der Waals surface area contributed by atoms with Crippen molar-refractivity contribution in [1.82, 2.24) is 15.1 Å². The Kier molecular flexibility index (Phi) is 5.60. The molecule has 2 heterocycles. The molecule has 2 rings (SSSR count). The molecule has 2 saturated heterocycles. The molecule has 2 atom stereocenters. The van der Waals surface area contributed by atoms with E-state index in [0.717, 1.165) is 26.2 Å². The van der Waals surface area contributed by atoms with Gasteiger partial charge in [-0.2, -0.15) is 0 Å². The van der Waals surface area contributed by atoms with Crippen LogP contribution in [0.4, 0.5) is 0 Å². The highest BCUT2D eigenvalue weighted by Crippen LogP contribution is 2.16. The lowest BCUT2D eigenvalue weighted by Crippen LogP contribution is -2.46. The van der Waals surface area contributed by atoms with Crippen LogP contribution in [-0.2, 0) is 9.53 Å². The maximum Gasteiger partial charge on any atom is 0.223 e. The Bertz CT molecular complexity index is 292. The molecule has 0 radical (unpaired) electrons. The molecule has 2 unspecified atom stereocenters. The first-order valence-electron chi connectivity index (χ1n) is 7.39. The van der Waals surface area contributed by atoms with Gasteiger partial charge < -0.3 is 19.9 Å². The van der Waals surface area contributed by atoms with Crippen molar-refractivity contribution in [3.63, 3.8) is 0 Å². The third-order valence-corrected chi connectivity index (χ3v) is 4.10. The smallest absolute Gasteiger partial charge is 0.223 e. The number of hydrogen-bond donors (Lipinski definition) is 1. The van der Waals surface area contributed by atoms with Gasteiger partial charge in [-0.05, 0) is 32.4 Å². The summed E-state index contributed by atoms with van der Waals surface area (Å²) in [5.74, 6) is 0.861. The summed E-state index contributed by atoms with van der Waals surface area (Å²) < 4.78 is 5.39. The van der Waals surface area contributed by atoms with Gasteiger partial charge in [-0.3, -0.25) is 4.79 Å². The summed E-state index contributed by atoms with van der Waals surface area (Å²) in [6.45, 7) is 5.46. The van der Waals surface area contributed by atoms with Gasteiger partial charge in [0.05, 0.1) is 13.2 Å². The Morgan fingerprint density at radius 3 is 3.05 bits per heavy atom. The van der Waals surface area contributed by atoms with E-state index in [1.54, 1.807) is 0 Å². The molecule has 0 aromatic rings. The summed E-state index contributed by atoms with van der Waals surface area (Å²) >= 11 is 0. The van der Waals surface area contributed by atoms with Gasteiger partial charge in [-0.25, -0.2) is 0 Å². The van der Waals surface area contributed by atoms with Gasteiger partial charge in [0.2, 0.25) is 5.91 Å². The van der Waals surface area contributed by atoms with Crippen LogP contribution in [-0.4, -0.2) is 75.2 Å². The number of nitrogens with one attached hydrogen (secondary N) is 1. The molecule has 2 aliphatic heterocycles. The first-order chi connectivity index (χ1) is 9.15. The summed E-state index contributed by atoms with van der Waals surface area (Å²) in [5.41, 5.74) is 0. The number of piperidine rings is 1. The van der Waals surface area contributed by atoms with Crippen molar-refractivity contribution < 1.29 is 9.53 Å². The number of hydrogen-bond acceptors (Lipinski definition) is 4. The molecule has 0 aliphatic carbocycles. The fourth-order valence-corrected chi connectivity index (χ4v) is 3.03. The predicted octanol–water partition coefficient (Wildman–Crippen LogP) is 0.165. The molecule has 0 saturated carbocycles. The van der Waals surface area contributed by atoms with Crippen LogP contribution < -0.4 is 5.32 Å². The highest BCUT2D eigenvalue weighted by molar-refractivity contribution is 5.76. The summed E-state index contributed by atoms with van der Waals surface area (Å²) in [7, 11) is 4.10. The third kappa shape index (κ3) is 4.75. The van der Waals surface area contributed by atoms with Crippen LogP contribution in [0.15, 0.2) is 0 Å². The van der Waals surface area contributed by atoms with Crippen molar-refractivity contribution in [1.29, 1.82) is 0 Å². The average Bonchev–Trinajstić information content (AvgIpc) is 2.40. The van der Waals surface area contributed by atoms with E-state index in [0.29, 0.717) is 18.9 Å². The number of ether oxygens (including phenoxy) is 1. The van der Waals surface area contributed by atoms with Crippen molar-refractivity contribution in [2.75, 3.05) is 53.5 Å². The summed E-state index contributed by atoms with van der Waals surface area (Å²) in [6, 6.07) is 0.192. The maximum absolute atomic E-state index is 12.2. The quantitative estimate of drug-likeness (QED) is 0.790. The van der Waals surface area contributed by atoms with Crippen LogP contribution in [0.2, 0.25) is 0 Å². The Hall–Kier alpha value is -0.650. The molecule has 2 aliphatic rings. The SMILES string of the molecule is CN1CCCC(CN(C)C(=O)CC2COCCN2)C1. The van der Waals surface area contributed by atoms with Gasteiger partial charge >= 0.3 is 0 Å². The van der Waals surface area contributed by atoms with Crippen LogP contribution in [0, 0.1) is 5.92 Å². The topological polar surface area (TPSA) is 44.8 Å². The lowest BCUT2D eigenvalue weighted by molar-refractivity contribution is -0.131. The number of rotatable bonds is 4. The largest absolute Gasteiger partial charge is 0.378 e. The van der Waals surface area contributed by atoms with Crippen molar-refractivity contribution in [2.24, 2.45) is 5.92 Å². The fourth-order valence-electron chi connectivity index (χ4n) is 3.03. The summed E-state index contributed by atoms with van der Waals surface area (Å²) in [4.78, 5) is 16.5. The number of morpholine rings is 1. The van der Waals surface area contributed by atoms with Crippen molar-refractivity contribution in [3.8, 4) is 0 Å². The molecule has 0 spiro atoms. The maximum atomic E-state index is 12.2. The second kappa shape index (κ2) is 7.22. The predicted molar refractivity (Wildman–Crippen MR) is 75.1 cm³/mol. The zero-order chi connectivity index (χ0) is 13.7. The first-order valence-corrected chi connectivity index (χ1v) is 7.39.